The molecule has 0 bridgehead atoms. The molecule has 140 valence electrons. The largest absolute Gasteiger partial charge is 0.492 e. The van der Waals surface area contributed by atoms with Crippen molar-refractivity contribution in [3.8, 4) is 11.4 Å². The fourth-order valence-corrected chi connectivity index (χ4v) is 2.63. The van der Waals surface area contributed by atoms with E-state index in [4.69, 9.17) is 16.3 Å². The highest BCUT2D eigenvalue weighted by molar-refractivity contribution is 6.30. The van der Waals surface area contributed by atoms with E-state index in [0.29, 0.717) is 29.7 Å². The van der Waals surface area contributed by atoms with E-state index in [1.54, 1.807) is 28.8 Å². The predicted octanol–water partition coefficient (Wildman–Crippen LogP) is 4.38. The Morgan fingerprint density at radius 1 is 1.22 bits per heavy atom. The Morgan fingerprint density at radius 2 is 2.00 bits per heavy atom. The smallest absolute Gasteiger partial charge is 0.322 e. The molecule has 0 aliphatic rings. The number of ether oxygens (including phenoxy) is 1. The number of amides is 2. The molecule has 0 spiro atoms. The molecule has 0 saturated heterocycles. The summed E-state index contributed by atoms with van der Waals surface area (Å²) in [5.41, 5.74) is 1.82. The monoisotopic (exact) mass is 384 g/mol. The van der Waals surface area contributed by atoms with Crippen molar-refractivity contribution in [2.75, 3.05) is 25.5 Å². The van der Waals surface area contributed by atoms with Crippen LogP contribution in [0.25, 0.3) is 5.69 Å². The van der Waals surface area contributed by atoms with Crippen LogP contribution in [-0.4, -0.2) is 40.9 Å². The molecule has 0 aliphatic carbocycles. The van der Waals surface area contributed by atoms with Gasteiger partial charge in [0.25, 0.3) is 0 Å². The van der Waals surface area contributed by atoms with E-state index >= 15 is 0 Å². The van der Waals surface area contributed by atoms with E-state index in [1.165, 1.54) is 0 Å². The maximum atomic E-state index is 12.4. The Balaban J connectivity index is 1.54. The molecule has 0 saturated carbocycles. The summed E-state index contributed by atoms with van der Waals surface area (Å²) < 4.78 is 7.36. The van der Waals surface area contributed by atoms with Crippen LogP contribution in [0.5, 0.6) is 5.75 Å². The van der Waals surface area contributed by atoms with Gasteiger partial charge in [-0.15, -0.1) is 5.10 Å². The van der Waals surface area contributed by atoms with Crippen LogP contribution in [0, 0.1) is 6.92 Å². The Labute approximate surface area is 163 Å². The first-order chi connectivity index (χ1) is 13.0. The second kappa shape index (κ2) is 8.60. The van der Waals surface area contributed by atoms with Crippen molar-refractivity contribution in [2.24, 2.45) is 0 Å². The lowest BCUT2D eigenvalue weighted by atomic mass is 10.3. The summed E-state index contributed by atoms with van der Waals surface area (Å²) in [5, 5.41) is 7.90. The highest BCUT2D eigenvalue weighted by Crippen LogP contribution is 2.17. The van der Waals surface area contributed by atoms with Gasteiger partial charge in [0.05, 0.1) is 12.2 Å². The van der Waals surface area contributed by atoms with Gasteiger partial charge in [-0.3, -0.25) is 5.32 Å². The summed E-state index contributed by atoms with van der Waals surface area (Å²) in [6, 6.07) is 16.7. The van der Waals surface area contributed by atoms with E-state index in [-0.39, 0.29) is 6.03 Å². The van der Waals surface area contributed by atoms with Crippen molar-refractivity contribution in [1.29, 1.82) is 0 Å². The number of aromatic nitrogens is 2. The van der Waals surface area contributed by atoms with Gasteiger partial charge in [0.1, 0.15) is 12.4 Å². The van der Waals surface area contributed by atoms with Gasteiger partial charge in [-0.25, -0.2) is 9.48 Å². The summed E-state index contributed by atoms with van der Waals surface area (Å²) in [6.07, 6.45) is 1.88. The number of hydrogen-bond acceptors (Lipinski definition) is 3. The van der Waals surface area contributed by atoms with Crippen molar-refractivity contribution >= 4 is 23.4 Å². The molecule has 6 nitrogen and oxygen atoms in total. The summed E-state index contributed by atoms with van der Waals surface area (Å²) in [4.78, 5) is 13.9. The van der Waals surface area contributed by atoms with Gasteiger partial charge >= 0.3 is 6.03 Å². The van der Waals surface area contributed by atoms with Gasteiger partial charge in [0.15, 0.2) is 5.82 Å². The van der Waals surface area contributed by atoms with Crippen LogP contribution in [0.15, 0.2) is 60.8 Å². The molecule has 27 heavy (non-hydrogen) atoms. The van der Waals surface area contributed by atoms with Crippen LogP contribution in [0.2, 0.25) is 5.02 Å². The molecule has 0 aliphatic heterocycles. The number of para-hydroxylation sites is 1. The van der Waals surface area contributed by atoms with Crippen LogP contribution < -0.4 is 10.1 Å². The Bertz CT molecular complexity index is 911. The van der Waals surface area contributed by atoms with Gasteiger partial charge in [-0.2, -0.15) is 0 Å². The van der Waals surface area contributed by atoms with Gasteiger partial charge < -0.3 is 9.64 Å². The minimum Gasteiger partial charge on any atom is -0.492 e. The first kappa shape index (κ1) is 18.8. The molecule has 0 radical (unpaired) electrons. The normalized spacial score (nSPS) is 10.5. The number of rotatable bonds is 6. The molecule has 0 atom stereocenters. The van der Waals surface area contributed by atoms with Crippen LogP contribution in [0.1, 0.15) is 5.56 Å². The predicted molar refractivity (Wildman–Crippen MR) is 107 cm³/mol. The molecule has 3 rings (SSSR count). The lowest BCUT2D eigenvalue weighted by molar-refractivity contribution is 0.207. The number of aryl methyl sites for hydroxylation is 1. The maximum absolute atomic E-state index is 12.4. The lowest BCUT2D eigenvalue weighted by Gasteiger charge is -2.17. The number of halogens is 1. The number of benzene rings is 2. The second-order valence-electron chi connectivity index (χ2n) is 6.10. The topological polar surface area (TPSA) is 59.4 Å². The second-order valence-corrected chi connectivity index (χ2v) is 6.53. The minimum atomic E-state index is -0.244. The average molecular weight is 385 g/mol. The molecule has 1 N–H and O–H groups in total. The van der Waals surface area contributed by atoms with E-state index < -0.39 is 0 Å². The zero-order chi connectivity index (χ0) is 19.2. The summed E-state index contributed by atoms with van der Waals surface area (Å²) >= 11 is 5.92. The number of carbonyl (C=O) groups is 1. The van der Waals surface area contributed by atoms with Gasteiger partial charge in [0, 0.05) is 23.8 Å². The summed E-state index contributed by atoms with van der Waals surface area (Å²) in [7, 11) is 1.71. The van der Waals surface area contributed by atoms with Crippen LogP contribution in [0.3, 0.4) is 0 Å². The van der Waals surface area contributed by atoms with Crippen molar-refractivity contribution in [3.63, 3.8) is 0 Å². The van der Waals surface area contributed by atoms with Crippen molar-refractivity contribution in [3.05, 3.63) is 71.4 Å². The molecular formula is C20H21ClN4O2. The van der Waals surface area contributed by atoms with Crippen molar-refractivity contribution in [2.45, 2.75) is 6.92 Å². The molecule has 1 aromatic heterocycles. The molecule has 3 aromatic rings. The first-order valence-electron chi connectivity index (χ1n) is 8.55. The number of anilines is 1. The van der Waals surface area contributed by atoms with Gasteiger partial charge in [-0.05, 0) is 37.3 Å². The molecular weight excluding hydrogens is 364 g/mol. The number of carbonyl (C=O) groups excluding carboxylic acids is 1. The fraction of sp³-hybridized carbons (Fsp3) is 0.200. The van der Waals surface area contributed by atoms with E-state index in [1.807, 2.05) is 55.6 Å². The minimum absolute atomic E-state index is 0.244. The molecule has 0 unspecified atom stereocenters. The first-order valence-corrected chi connectivity index (χ1v) is 8.93. The quantitative estimate of drug-likeness (QED) is 0.686. The van der Waals surface area contributed by atoms with E-state index in [9.17, 15) is 4.79 Å². The lowest BCUT2D eigenvalue weighted by Crippen LogP contribution is -2.34. The summed E-state index contributed by atoms with van der Waals surface area (Å²) in [5.74, 6) is 1.21. The fourth-order valence-electron chi connectivity index (χ4n) is 2.45. The Hall–Kier alpha value is -2.99. The maximum Gasteiger partial charge on any atom is 0.322 e. The van der Waals surface area contributed by atoms with E-state index in [2.05, 4.69) is 10.4 Å². The van der Waals surface area contributed by atoms with E-state index in [0.717, 1.165) is 11.3 Å². The van der Waals surface area contributed by atoms with Gasteiger partial charge in [-0.1, -0.05) is 35.9 Å². The molecule has 0 fully saturated rings. The molecule has 2 aromatic carbocycles. The zero-order valence-electron chi connectivity index (χ0n) is 15.2. The molecule has 7 heteroatoms. The SMILES string of the molecule is Cc1cn(-c2ccccc2)nc1NC(=O)N(C)CCOc1cccc(Cl)c1. The number of nitrogens with one attached hydrogen (secondary N) is 1. The highest BCUT2D eigenvalue weighted by atomic mass is 35.5. The molecule has 2 amide bonds. The molecule has 1 heterocycles. The Morgan fingerprint density at radius 3 is 2.74 bits per heavy atom. The number of urea groups is 1. The van der Waals surface area contributed by atoms with Crippen molar-refractivity contribution in [1.82, 2.24) is 14.7 Å². The third-order valence-corrected chi connectivity index (χ3v) is 4.22. The number of likely N-dealkylation sites (N-methyl/N-ethyl adjacent to an activating group) is 1. The third kappa shape index (κ3) is 5.01. The zero-order valence-corrected chi connectivity index (χ0v) is 16.0. The van der Waals surface area contributed by atoms with Crippen molar-refractivity contribution < 1.29 is 9.53 Å². The Kier molecular flexibility index (Phi) is 5.98. The van der Waals surface area contributed by atoms with Gasteiger partial charge in [0.2, 0.25) is 0 Å². The van der Waals surface area contributed by atoms with Crippen LogP contribution in [0.4, 0.5) is 10.6 Å². The number of nitrogens with zero attached hydrogens (tertiary/aromatic N) is 3. The summed E-state index contributed by atoms with van der Waals surface area (Å²) in [6.45, 7) is 2.70. The average Bonchev–Trinajstić information content (AvgIpc) is 3.03. The highest BCUT2D eigenvalue weighted by Gasteiger charge is 2.13. The van der Waals surface area contributed by atoms with Crippen LogP contribution >= 0.6 is 11.6 Å². The number of hydrogen-bond donors (Lipinski definition) is 1. The third-order valence-electron chi connectivity index (χ3n) is 3.98. The standard InChI is InChI=1S/C20H21ClN4O2/c1-15-14-25(17-8-4-3-5-9-17)23-19(15)22-20(26)24(2)11-12-27-18-10-6-7-16(21)13-18/h3-10,13-14H,11-12H2,1-2H3,(H,22,23,26). The van der Waals surface area contributed by atoms with Crippen LogP contribution in [-0.2, 0) is 0 Å².